The van der Waals surface area contributed by atoms with Gasteiger partial charge in [0.25, 0.3) is 0 Å². The summed E-state index contributed by atoms with van der Waals surface area (Å²) in [5, 5.41) is 2.59. The van der Waals surface area contributed by atoms with Crippen molar-refractivity contribution in [2.75, 3.05) is 5.88 Å². The maximum Gasteiger partial charge on any atom is 0.196 e. The summed E-state index contributed by atoms with van der Waals surface area (Å²) in [6.07, 6.45) is 0. The predicted octanol–water partition coefficient (Wildman–Crippen LogP) is 3.23. The molecule has 1 aromatic heterocycles. The van der Waals surface area contributed by atoms with E-state index in [2.05, 4.69) is 4.98 Å². The number of hydrogen-bond donors (Lipinski definition) is 0. The average Bonchev–Trinajstić information content (AvgIpc) is 2.78. The van der Waals surface area contributed by atoms with E-state index in [-0.39, 0.29) is 11.7 Å². The predicted molar refractivity (Wildman–Crippen MR) is 62.6 cm³/mol. The third-order valence-corrected chi connectivity index (χ3v) is 3.07. The van der Waals surface area contributed by atoms with Crippen molar-refractivity contribution in [3.63, 3.8) is 0 Å². The number of alkyl halides is 1. The highest BCUT2D eigenvalue weighted by molar-refractivity contribution is 7.13. The van der Waals surface area contributed by atoms with Gasteiger partial charge in [0.1, 0.15) is 10.7 Å². The number of ketones is 1. The Morgan fingerprint density at radius 3 is 2.73 bits per heavy atom. The zero-order valence-electron chi connectivity index (χ0n) is 7.81. The topological polar surface area (TPSA) is 30.0 Å². The van der Waals surface area contributed by atoms with Crippen LogP contribution in [0.3, 0.4) is 0 Å². The Bertz CT molecular complexity index is 466. The zero-order valence-corrected chi connectivity index (χ0v) is 9.39. The van der Waals surface area contributed by atoms with E-state index in [0.29, 0.717) is 5.69 Å². The van der Waals surface area contributed by atoms with Crippen LogP contribution in [0.2, 0.25) is 0 Å². The molecular formula is C11H8ClNOS. The first-order valence-corrected chi connectivity index (χ1v) is 5.83. The van der Waals surface area contributed by atoms with Crippen LogP contribution in [0.1, 0.15) is 10.5 Å². The molecule has 0 atom stereocenters. The van der Waals surface area contributed by atoms with Crippen LogP contribution in [0, 0.1) is 0 Å². The molecule has 0 aliphatic carbocycles. The van der Waals surface area contributed by atoms with Crippen molar-refractivity contribution in [3.8, 4) is 10.6 Å². The van der Waals surface area contributed by atoms with Gasteiger partial charge in [-0.15, -0.1) is 22.9 Å². The lowest BCUT2D eigenvalue weighted by atomic mass is 10.2. The molecule has 0 N–H and O–H groups in total. The van der Waals surface area contributed by atoms with E-state index in [9.17, 15) is 4.79 Å². The molecule has 2 rings (SSSR count). The Labute approximate surface area is 96.5 Å². The summed E-state index contributed by atoms with van der Waals surface area (Å²) in [5.41, 5.74) is 1.48. The van der Waals surface area contributed by atoms with Crippen LogP contribution >= 0.6 is 22.9 Å². The van der Waals surface area contributed by atoms with Crippen molar-refractivity contribution in [3.05, 3.63) is 41.4 Å². The molecule has 0 amide bonds. The third kappa shape index (κ3) is 2.25. The zero-order chi connectivity index (χ0) is 10.7. The number of hydrogen-bond acceptors (Lipinski definition) is 3. The number of benzene rings is 1. The minimum absolute atomic E-state index is 0.0159. The van der Waals surface area contributed by atoms with E-state index in [1.807, 2.05) is 30.3 Å². The Balaban J connectivity index is 2.32. The van der Waals surface area contributed by atoms with Gasteiger partial charge in [-0.3, -0.25) is 4.79 Å². The van der Waals surface area contributed by atoms with E-state index in [0.717, 1.165) is 10.6 Å². The summed E-state index contributed by atoms with van der Waals surface area (Å²) in [4.78, 5) is 15.5. The van der Waals surface area contributed by atoms with Crippen LogP contribution in [0.4, 0.5) is 0 Å². The van der Waals surface area contributed by atoms with Crippen LogP contribution in [-0.2, 0) is 0 Å². The number of rotatable bonds is 3. The van der Waals surface area contributed by atoms with Crippen LogP contribution in [0.5, 0.6) is 0 Å². The summed E-state index contributed by atoms with van der Waals surface area (Å²) < 4.78 is 0. The van der Waals surface area contributed by atoms with Crippen molar-refractivity contribution in [2.24, 2.45) is 0 Å². The fraction of sp³-hybridized carbons (Fsp3) is 0.0909. The van der Waals surface area contributed by atoms with Crippen LogP contribution < -0.4 is 0 Å². The molecule has 0 fully saturated rings. The first-order valence-electron chi connectivity index (χ1n) is 4.41. The maximum atomic E-state index is 11.3. The lowest BCUT2D eigenvalue weighted by Gasteiger charge is -1.93. The third-order valence-electron chi connectivity index (χ3n) is 1.93. The van der Waals surface area contributed by atoms with E-state index >= 15 is 0 Å². The monoisotopic (exact) mass is 237 g/mol. The number of Topliss-reactive ketones (excluding diaryl/α,β-unsaturated/α-hetero) is 1. The minimum Gasteiger partial charge on any atom is -0.291 e. The summed E-state index contributed by atoms with van der Waals surface area (Å²) in [6.45, 7) is 0. The average molecular weight is 238 g/mol. The van der Waals surface area contributed by atoms with Gasteiger partial charge in [-0.25, -0.2) is 4.98 Å². The lowest BCUT2D eigenvalue weighted by Crippen LogP contribution is -1.99. The van der Waals surface area contributed by atoms with E-state index in [1.54, 1.807) is 5.38 Å². The maximum absolute atomic E-state index is 11.3. The molecule has 2 nitrogen and oxygen atoms in total. The van der Waals surface area contributed by atoms with Gasteiger partial charge in [0, 0.05) is 10.9 Å². The first kappa shape index (κ1) is 10.3. The second-order valence-corrected chi connectivity index (χ2v) is 4.09. The molecule has 0 aliphatic heterocycles. The van der Waals surface area contributed by atoms with Crippen molar-refractivity contribution in [1.82, 2.24) is 4.98 Å². The van der Waals surface area contributed by atoms with Gasteiger partial charge in [0.2, 0.25) is 0 Å². The van der Waals surface area contributed by atoms with E-state index in [4.69, 9.17) is 11.6 Å². The van der Waals surface area contributed by atoms with Crippen LogP contribution in [-0.4, -0.2) is 16.6 Å². The number of aromatic nitrogens is 1. The molecule has 0 saturated carbocycles. The molecular weight excluding hydrogens is 230 g/mol. The number of carbonyl (C=O) groups excluding carboxylic acids is 1. The summed E-state index contributed by atoms with van der Waals surface area (Å²) >= 11 is 6.91. The molecule has 4 heteroatoms. The second kappa shape index (κ2) is 4.55. The molecule has 0 radical (unpaired) electrons. The number of halogens is 1. The Morgan fingerprint density at radius 1 is 1.33 bits per heavy atom. The van der Waals surface area contributed by atoms with E-state index < -0.39 is 0 Å². The smallest absolute Gasteiger partial charge is 0.196 e. The van der Waals surface area contributed by atoms with Crippen molar-refractivity contribution in [1.29, 1.82) is 0 Å². The second-order valence-electron chi connectivity index (χ2n) is 2.96. The number of carbonyl (C=O) groups is 1. The number of nitrogens with zero attached hydrogens (tertiary/aromatic N) is 1. The normalized spacial score (nSPS) is 10.2. The summed E-state index contributed by atoms with van der Waals surface area (Å²) in [5.74, 6) is -0.145. The summed E-state index contributed by atoms with van der Waals surface area (Å²) in [6, 6.07) is 9.77. The highest BCUT2D eigenvalue weighted by Gasteiger charge is 2.09. The van der Waals surface area contributed by atoms with Crippen molar-refractivity contribution < 1.29 is 4.79 Å². The largest absolute Gasteiger partial charge is 0.291 e. The van der Waals surface area contributed by atoms with Gasteiger partial charge in [0.05, 0.1) is 5.88 Å². The Kier molecular flexibility index (Phi) is 3.14. The van der Waals surface area contributed by atoms with Crippen molar-refractivity contribution >= 4 is 28.7 Å². The molecule has 0 spiro atoms. The molecule has 0 aliphatic rings. The van der Waals surface area contributed by atoms with Crippen LogP contribution in [0.15, 0.2) is 35.7 Å². The Morgan fingerprint density at radius 2 is 2.07 bits per heavy atom. The quantitative estimate of drug-likeness (QED) is 0.606. The molecule has 2 aromatic rings. The molecule has 1 heterocycles. The van der Waals surface area contributed by atoms with Gasteiger partial charge in [-0.2, -0.15) is 0 Å². The highest BCUT2D eigenvalue weighted by Crippen LogP contribution is 2.23. The van der Waals surface area contributed by atoms with Crippen LogP contribution in [0.25, 0.3) is 10.6 Å². The van der Waals surface area contributed by atoms with Gasteiger partial charge >= 0.3 is 0 Å². The number of thiazole rings is 1. The molecule has 0 unspecified atom stereocenters. The highest BCUT2D eigenvalue weighted by atomic mass is 35.5. The van der Waals surface area contributed by atoms with Crippen molar-refractivity contribution in [2.45, 2.75) is 0 Å². The molecule has 1 aromatic carbocycles. The van der Waals surface area contributed by atoms with Gasteiger partial charge in [-0.1, -0.05) is 30.3 Å². The van der Waals surface area contributed by atoms with Gasteiger partial charge in [0.15, 0.2) is 5.78 Å². The molecule has 0 saturated heterocycles. The standard InChI is InChI=1S/C11H8ClNOS/c12-6-10(14)9-7-15-11(13-9)8-4-2-1-3-5-8/h1-5,7H,6H2. The fourth-order valence-electron chi connectivity index (χ4n) is 1.18. The fourth-order valence-corrected chi connectivity index (χ4v) is 2.15. The lowest BCUT2D eigenvalue weighted by molar-refractivity contribution is 0.101. The van der Waals surface area contributed by atoms with E-state index in [1.165, 1.54) is 11.3 Å². The van der Waals surface area contributed by atoms with Gasteiger partial charge < -0.3 is 0 Å². The molecule has 0 bridgehead atoms. The Hall–Kier alpha value is -1.19. The minimum atomic E-state index is -0.130. The first-order chi connectivity index (χ1) is 7.31. The summed E-state index contributed by atoms with van der Waals surface area (Å²) in [7, 11) is 0. The molecule has 15 heavy (non-hydrogen) atoms. The molecule has 76 valence electrons. The SMILES string of the molecule is O=C(CCl)c1csc(-c2ccccc2)n1. The van der Waals surface area contributed by atoms with Gasteiger partial charge in [-0.05, 0) is 0 Å².